The molecule has 1 aliphatic rings. The summed E-state index contributed by atoms with van der Waals surface area (Å²) >= 11 is 0. The van der Waals surface area contributed by atoms with Crippen LogP contribution in [0.4, 0.5) is 0 Å². The molecule has 0 N–H and O–H groups in total. The van der Waals surface area contributed by atoms with Crippen molar-refractivity contribution in [2.24, 2.45) is 5.92 Å². The van der Waals surface area contributed by atoms with Crippen LogP contribution in [-0.2, 0) is 11.3 Å². The van der Waals surface area contributed by atoms with Gasteiger partial charge in [-0.05, 0) is 36.2 Å². The van der Waals surface area contributed by atoms with Gasteiger partial charge in [-0.25, -0.2) is 0 Å². The average Bonchev–Trinajstić information content (AvgIpc) is 3.27. The lowest BCUT2D eigenvalue weighted by atomic mass is 10.0. The highest BCUT2D eigenvalue weighted by molar-refractivity contribution is 6.22. The summed E-state index contributed by atoms with van der Waals surface area (Å²) in [5.74, 6) is -0.166. The third-order valence-electron chi connectivity index (χ3n) is 4.55. The molecule has 0 saturated carbocycles. The minimum atomic E-state index is -0.418. The summed E-state index contributed by atoms with van der Waals surface area (Å²) < 4.78 is 10.3. The summed E-state index contributed by atoms with van der Waals surface area (Å²) in [7, 11) is 1.59. The Kier molecular flexibility index (Phi) is 5.94. The van der Waals surface area contributed by atoms with Gasteiger partial charge < -0.3 is 14.1 Å². The Balaban J connectivity index is 1.83. The van der Waals surface area contributed by atoms with Crippen molar-refractivity contribution in [3.05, 3.63) is 59.0 Å². The topological polar surface area (TPSA) is 80.1 Å². The fraction of sp³-hybridized carbons (Fsp3) is 0.381. The zero-order valence-electron chi connectivity index (χ0n) is 16.3. The van der Waals surface area contributed by atoms with Gasteiger partial charge in [-0.15, -0.1) is 0 Å². The van der Waals surface area contributed by atoms with Crippen LogP contribution in [0.3, 0.4) is 0 Å². The predicted molar refractivity (Wildman–Crippen MR) is 102 cm³/mol. The van der Waals surface area contributed by atoms with Crippen molar-refractivity contribution in [2.45, 2.75) is 20.4 Å². The van der Waals surface area contributed by atoms with Crippen LogP contribution in [-0.4, -0.2) is 54.3 Å². The molecular formula is C21H24N2O5. The number of hydrogen-bond acceptors (Lipinski definition) is 5. The van der Waals surface area contributed by atoms with E-state index in [1.54, 1.807) is 36.3 Å². The Labute approximate surface area is 163 Å². The van der Waals surface area contributed by atoms with Gasteiger partial charge in [0.15, 0.2) is 0 Å². The van der Waals surface area contributed by atoms with Gasteiger partial charge in [-0.1, -0.05) is 13.8 Å². The number of methoxy groups -OCH3 is 1. The van der Waals surface area contributed by atoms with Gasteiger partial charge in [-0.3, -0.25) is 19.3 Å². The summed E-state index contributed by atoms with van der Waals surface area (Å²) in [6, 6.07) is 8.07. The van der Waals surface area contributed by atoms with E-state index in [4.69, 9.17) is 9.15 Å². The highest BCUT2D eigenvalue weighted by atomic mass is 16.5. The maximum Gasteiger partial charge on any atom is 0.261 e. The molecule has 148 valence electrons. The minimum absolute atomic E-state index is 0.0654. The number of nitrogens with zero attached hydrogens (tertiary/aromatic N) is 2. The number of rotatable bonds is 8. The molecule has 1 aromatic carbocycles. The number of hydrogen-bond donors (Lipinski definition) is 0. The highest BCUT2D eigenvalue weighted by Crippen LogP contribution is 2.26. The summed E-state index contributed by atoms with van der Waals surface area (Å²) in [6.07, 6.45) is 1.49. The first kappa shape index (κ1) is 19.8. The number of amides is 3. The summed E-state index contributed by atoms with van der Waals surface area (Å²) in [5, 5.41) is 0. The fourth-order valence-electron chi connectivity index (χ4n) is 3.23. The van der Waals surface area contributed by atoms with Crippen LogP contribution in [0.2, 0.25) is 0 Å². The molecule has 2 aromatic rings. The third-order valence-corrected chi connectivity index (χ3v) is 4.55. The van der Waals surface area contributed by atoms with Crippen LogP contribution < -0.4 is 0 Å². The van der Waals surface area contributed by atoms with E-state index in [-0.39, 0.29) is 23.9 Å². The average molecular weight is 384 g/mol. The molecule has 7 heteroatoms. The molecule has 0 aliphatic carbocycles. The molecule has 3 rings (SSSR count). The molecule has 1 aromatic heterocycles. The molecule has 7 nitrogen and oxygen atoms in total. The van der Waals surface area contributed by atoms with Crippen molar-refractivity contribution in [2.75, 3.05) is 26.8 Å². The van der Waals surface area contributed by atoms with Crippen molar-refractivity contribution < 1.29 is 23.5 Å². The van der Waals surface area contributed by atoms with Crippen LogP contribution in [0, 0.1) is 5.92 Å². The van der Waals surface area contributed by atoms with E-state index in [2.05, 4.69) is 0 Å². The predicted octanol–water partition coefficient (Wildman–Crippen LogP) is 2.82. The number of ether oxygens (including phenoxy) is 1. The Morgan fingerprint density at radius 2 is 1.93 bits per heavy atom. The molecule has 0 radical (unpaired) electrons. The first-order valence-electron chi connectivity index (χ1n) is 9.23. The monoisotopic (exact) mass is 384 g/mol. The van der Waals surface area contributed by atoms with E-state index in [9.17, 15) is 14.4 Å². The quantitative estimate of drug-likeness (QED) is 0.654. The second kappa shape index (κ2) is 8.39. The Bertz CT molecular complexity index is 873. The lowest BCUT2D eigenvalue weighted by Gasteiger charge is -2.24. The second-order valence-electron chi connectivity index (χ2n) is 7.17. The smallest absolute Gasteiger partial charge is 0.261 e. The highest BCUT2D eigenvalue weighted by Gasteiger charge is 2.36. The normalized spacial score (nSPS) is 13.4. The molecular weight excluding hydrogens is 360 g/mol. The number of carbonyl (C=O) groups excluding carboxylic acids is 3. The van der Waals surface area contributed by atoms with Gasteiger partial charge >= 0.3 is 0 Å². The first-order chi connectivity index (χ1) is 13.4. The van der Waals surface area contributed by atoms with E-state index in [0.29, 0.717) is 42.5 Å². The Morgan fingerprint density at radius 3 is 2.57 bits per heavy atom. The minimum Gasteiger partial charge on any atom is -0.467 e. The van der Waals surface area contributed by atoms with Crippen molar-refractivity contribution >= 4 is 17.7 Å². The number of imide groups is 1. The largest absolute Gasteiger partial charge is 0.467 e. The molecule has 0 saturated heterocycles. The van der Waals surface area contributed by atoms with Crippen LogP contribution in [0.15, 0.2) is 41.0 Å². The molecule has 1 aliphatic heterocycles. The SMILES string of the molecule is COCCN(CC(C)C)C(=O)c1ccc2c(c1)C(=O)N(Cc1ccco1)C2=O. The molecule has 2 heterocycles. The van der Waals surface area contributed by atoms with E-state index in [1.165, 1.54) is 12.3 Å². The lowest BCUT2D eigenvalue weighted by Crippen LogP contribution is -2.36. The summed E-state index contributed by atoms with van der Waals surface area (Å²) in [5.41, 5.74) is 0.940. The van der Waals surface area contributed by atoms with Crippen LogP contribution in [0.25, 0.3) is 0 Å². The number of fused-ring (bicyclic) bond motifs is 1. The first-order valence-corrected chi connectivity index (χ1v) is 9.23. The van der Waals surface area contributed by atoms with Gasteiger partial charge in [0.1, 0.15) is 5.76 Å². The fourth-order valence-corrected chi connectivity index (χ4v) is 3.23. The molecule has 0 fully saturated rings. The van der Waals surface area contributed by atoms with Gasteiger partial charge in [-0.2, -0.15) is 0 Å². The van der Waals surface area contributed by atoms with Gasteiger partial charge in [0.2, 0.25) is 0 Å². The van der Waals surface area contributed by atoms with E-state index < -0.39 is 5.91 Å². The van der Waals surface area contributed by atoms with Crippen molar-refractivity contribution in [1.29, 1.82) is 0 Å². The van der Waals surface area contributed by atoms with Crippen LogP contribution >= 0.6 is 0 Å². The van der Waals surface area contributed by atoms with Crippen LogP contribution in [0.1, 0.15) is 50.7 Å². The standard InChI is InChI=1S/C21H24N2O5/c1-14(2)12-22(8-10-27-3)19(24)15-6-7-17-18(11-15)21(26)23(20(17)25)13-16-5-4-9-28-16/h4-7,9,11,14H,8,10,12-13H2,1-3H3. The van der Waals surface area contributed by atoms with E-state index >= 15 is 0 Å². The molecule has 0 atom stereocenters. The molecule has 3 amide bonds. The van der Waals surface area contributed by atoms with Gasteiger partial charge in [0, 0.05) is 25.8 Å². The lowest BCUT2D eigenvalue weighted by molar-refractivity contribution is 0.0631. The van der Waals surface area contributed by atoms with Crippen LogP contribution in [0.5, 0.6) is 0 Å². The summed E-state index contributed by atoms with van der Waals surface area (Å²) in [6.45, 7) is 5.60. The Hall–Kier alpha value is -2.93. The van der Waals surface area contributed by atoms with E-state index in [1.807, 2.05) is 13.8 Å². The molecule has 28 heavy (non-hydrogen) atoms. The maximum absolute atomic E-state index is 13.0. The second-order valence-corrected chi connectivity index (χ2v) is 7.17. The number of benzene rings is 1. The van der Waals surface area contributed by atoms with Crippen molar-refractivity contribution in [3.63, 3.8) is 0 Å². The third kappa shape index (κ3) is 3.99. The van der Waals surface area contributed by atoms with Gasteiger partial charge in [0.05, 0.1) is 30.5 Å². The van der Waals surface area contributed by atoms with Gasteiger partial charge in [0.25, 0.3) is 17.7 Å². The Morgan fingerprint density at radius 1 is 1.18 bits per heavy atom. The zero-order chi connectivity index (χ0) is 20.3. The van der Waals surface area contributed by atoms with Crippen molar-refractivity contribution in [3.8, 4) is 0 Å². The number of furan rings is 1. The maximum atomic E-state index is 13.0. The molecule has 0 bridgehead atoms. The molecule has 0 unspecified atom stereocenters. The van der Waals surface area contributed by atoms with Crippen molar-refractivity contribution in [1.82, 2.24) is 9.80 Å². The summed E-state index contributed by atoms with van der Waals surface area (Å²) in [4.78, 5) is 41.1. The number of carbonyl (C=O) groups is 3. The zero-order valence-corrected chi connectivity index (χ0v) is 16.3. The van der Waals surface area contributed by atoms with E-state index in [0.717, 1.165) is 4.90 Å². The molecule has 0 spiro atoms.